The molecule has 1 N–H and O–H groups in total. The van der Waals surface area contributed by atoms with Crippen molar-refractivity contribution in [3.63, 3.8) is 0 Å². The summed E-state index contributed by atoms with van der Waals surface area (Å²) in [4.78, 5) is 6.89. The third kappa shape index (κ3) is 3.50. The molecule has 1 aromatic carbocycles. The SMILES string of the molecule is C[C@@H]1CN(Cc2ccc(CO)cc2)C[C@H](c2nc(C3CC3)no2)O1. The van der Waals surface area contributed by atoms with Crippen molar-refractivity contribution in [1.82, 2.24) is 15.0 Å². The molecule has 1 saturated carbocycles. The maximum atomic E-state index is 9.14. The number of morpholine rings is 1. The fourth-order valence-electron chi connectivity index (χ4n) is 3.20. The van der Waals surface area contributed by atoms with Gasteiger partial charge in [-0.15, -0.1) is 0 Å². The van der Waals surface area contributed by atoms with Crippen molar-refractivity contribution in [2.24, 2.45) is 0 Å². The van der Waals surface area contributed by atoms with E-state index >= 15 is 0 Å². The Balaban J connectivity index is 1.43. The molecule has 0 radical (unpaired) electrons. The molecule has 1 aromatic heterocycles. The Hall–Kier alpha value is -1.76. The van der Waals surface area contributed by atoms with Crippen molar-refractivity contribution < 1.29 is 14.4 Å². The van der Waals surface area contributed by atoms with E-state index in [1.165, 1.54) is 5.56 Å². The molecule has 0 spiro atoms. The first-order chi connectivity index (χ1) is 11.7. The lowest BCUT2D eigenvalue weighted by Crippen LogP contribution is -2.42. The Morgan fingerprint density at radius 3 is 2.62 bits per heavy atom. The van der Waals surface area contributed by atoms with E-state index in [1.807, 2.05) is 12.1 Å². The van der Waals surface area contributed by atoms with E-state index in [9.17, 15) is 0 Å². The van der Waals surface area contributed by atoms with Crippen LogP contribution in [0.3, 0.4) is 0 Å². The summed E-state index contributed by atoms with van der Waals surface area (Å²) in [6, 6.07) is 8.07. The minimum atomic E-state index is -0.162. The van der Waals surface area contributed by atoms with Crippen LogP contribution in [-0.4, -0.2) is 39.3 Å². The number of aromatic nitrogens is 2. The average Bonchev–Trinajstić information content (AvgIpc) is 3.32. The van der Waals surface area contributed by atoms with Crippen molar-refractivity contribution in [1.29, 1.82) is 0 Å². The van der Waals surface area contributed by atoms with E-state index < -0.39 is 0 Å². The lowest BCUT2D eigenvalue weighted by Gasteiger charge is -2.35. The first-order valence-corrected chi connectivity index (χ1v) is 8.61. The van der Waals surface area contributed by atoms with E-state index in [0.717, 1.165) is 43.9 Å². The second kappa shape index (κ2) is 6.63. The fraction of sp³-hybridized carbons (Fsp3) is 0.556. The third-order valence-corrected chi connectivity index (χ3v) is 4.62. The minimum Gasteiger partial charge on any atom is -0.392 e. The molecule has 24 heavy (non-hydrogen) atoms. The van der Waals surface area contributed by atoms with Crippen LogP contribution in [0.25, 0.3) is 0 Å². The van der Waals surface area contributed by atoms with Gasteiger partial charge in [-0.1, -0.05) is 29.4 Å². The smallest absolute Gasteiger partial charge is 0.257 e. The van der Waals surface area contributed by atoms with E-state index in [4.69, 9.17) is 14.4 Å². The molecule has 0 amide bonds. The lowest BCUT2D eigenvalue weighted by atomic mass is 10.1. The largest absolute Gasteiger partial charge is 0.392 e. The van der Waals surface area contributed by atoms with Crippen LogP contribution in [0, 0.1) is 0 Å². The summed E-state index contributed by atoms with van der Waals surface area (Å²) in [5.74, 6) is 1.92. The van der Waals surface area contributed by atoms with Crippen molar-refractivity contribution >= 4 is 0 Å². The molecule has 2 fully saturated rings. The molecule has 1 aliphatic carbocycles. The molecular weight excluding hydrogens is 306 g/mol. The summed E-state index contributed by atoms with van der Waals surface area (Å²) in [6.07, 6.45) is 2.29. The molecule has 2 atom stereocenters. The molecule has 2 aliphatic rings. The van der Waals surface area contributed by atoms with Gasteiger partial charge in [-0.2, -0.15) is 4.98 Å². The van der Waals surface area contributed by atoms with Gasteiger partial charge in [0.2, 0.25) is 0 Å². The average molecular weight is 329 g/mol. The van der Waals surface area contributed by atoms with E-state index in [0.29, 0.717) is 11.8 Å². The zero-order chi connectivity index (χ0) is 16.5. The first-order valence-electron chi connectivity index (χ1n) is 8.61. The molecular formula is C18H23N3O3. The van der Waals surface area contributed by atoms with Crippen molar-refractivity contribution in [2.45, 2.75) is 51.0 Å². The van der Waals surface area contributed by atoms with Gasteiger partial charge in [-0.05, 0) is 30.9 Å². The number of aliphatic hydroxyl groups excluding tert-OH is 1. The van der Waals surface area contributed by atoms with E-state index in [-0.39, 0.29) is 18.8 Å². The quantitative estimate of drug-likeness (QED) is 0.908. The van der Waals surface area contributed by atoms with Crippen LogP contribution in [0.5, 0.6) is 0 Å². The molecule has 2 aromatic rings. The van der Waals surface area contributed by atoms with Crippen LogP contribution < -0.4 is 0 Å². The van der Waals surface area contributed by atoms with Crippen molar-refractivity contribution in [3.05, 3.63) is 47.1 Å². The predicted octanol–water partition coefficient (Wildman–Crippen LogP) is 2.40. The molecule has 1 aliphatic heterocycles. The number of rotatable bonds is 5. The van der Waals surface area contributed by atoms with Gasteiger partial charge < -0.3 is 14.4 Å². The Morgan fingerprint density at radius 1 is 1.17 bits per heavy atom. The van der Waals surface area contributed by atoms with E-state index in [2.05, 4.69) is 34.1 Å². The summed E-state index contributed by atoms with van der Waals surface area (Å²) in [5.41, 5.74) is 2.16. The van der Waals surface area contributed by atoms with E-state index in [1.54, 1.807) is 0 Å². The lowest BCUT2D eigenvalue weighted by molar-refractivity contribution is -0.0930. The predicted molar refractivity (Wildman–Crippen MR) is 87.2 cm³/mol. The zero-order valence-corrected chi connectivity index (χ0v) is 13.9. The highest BCUT2D eigenvalue weighted by atomic mass is 16.5. The highest BCUT2D eigenvalue weighted by Crippen LogP contribution is 2.39. The second-order valence-electron chi connectivity index (χ2n) is 6.87. The standard InChI is InChI=1S/C18H23N3O3/c1-12-8-21(9-13-2-4-14(11-22)5-3-13)10-16(23-12)18-19-17(20-24-18)15-6-7-15/h2-5,12,15-16,22H,6-11H2,1H3/t12-,16-/m1/s1. The number of hydrogen-bond donors (Lipinski definition) is 1. The first kappa shape index (κ1) is 15.7. The molecule has 2 heterocycles. The number of benzene rings is 1. The molecule has 128 valence electrons. The molecule has 4 rings (SSSR count). The van der Waals surface area contributed by atoms with Crippen LogP contribution in [0.15, 0.2) is 28.8 Å². The maximum absolute atomic E-state index is 9.14. The monoisotopic (exact) mass is 329 g/mol. The van der Waals surface area contributed by atoms with Crippen LogP contribution in [0.2, 0.25) is 0 Å². The molecule has 6 heteroatoms. The van der Waals surface area contributed by atoms with Gasteiger partial charge in [0.05, 0.1) is 12.7 Å². The van der Waals surface area contributed by atoms with Crippen LogP contribution in [0.1, 0.15) is 54.6 Å². The van der Waals surface area contributed by atoms with Crippen molar-refractivity contribution in [2.75, 3.05) is 13.1 Å². The third-order valence-electron chi connectivity index (χ3n) is 4.62. The normalized spacial score (nSPS) is 25.1. The molecule has 6 nitrogen and oxygen atoms in total. The molecule has 1 saturated heterocycles. The number of aliphatic hydroxyl groups is 1. The minimum absolute atomic E-state index is 0.0808. The summed E-state index contributed by atoms with van der Waals surface area (Å²) in [6.45, 7) is 4.63. The van der Waals surface area contributed by atoms with Gasteiger partial charge in [0.15, 0.2) is 5.82 Å². The number of ether oxygens (including phenoxy) is 1. The Kier molecular flexibility index (Phi) is 4.35. The van der Waals surface area contributed by atoms with Gasteiger partial charge in [0.1, 0.15) is 6.10 Å². The topological polar surface area (TPSA) is 71.6 Å². The second-order valence-corrected chi connectivity index (χ2v) is 6.87. The summed E-state index contributed by atoms with van der Waals surface area (Å²) in [7, 11) is 0. The maximum Gasteiger partial charge on any atom is 0.257 e. The van der Waals surface area contributed by atoms with Gasteiger partial charge in [0, 0.05) is 25.6 Å². The van der Waals surface area contributed by atoms with Crippen LogP contribution in [-0.2, 0) is 17.9 Å². The summed E-state index contributed by atoms with van der Waals surface area (Å²) >= 11 is 0. The van der Waals surface area contributed by atoms with Crippen LogP contribution in [0.4, 0.5) is 0 Å². The van der Waals surface area contributed by atoms with Crippen LogP contribution >= 0.6 is 0 Å². The Morgan fingerprint density at radius 2 is 1.92 bits per heavy atom. The highest BCUT2D eigenvalue weighted by molar-refractivity contribution is 5.22. The number of nitrogens with zero attached hydrogens (tertiary/aromatic N) is 3. The fourth-order valence-corrected chi connectivity index (χ4v) is 3.20. The summed E-state index contributed by atoms with van der Waals surface area (Å²) < 4.78 is 11.5. The van der Waals surface area contributed by atoms with Crippen molar-refractivity contribution in [3.8, 4) is 0 Å². The molecule has 0 unspecified atom stereocenters. The highest BCUT2D eigenvalue weighted by Gasteiger charge is 2.33. The van der Waals surface area contributed by atoms with Gasteiger partial charge in [-0.3, -0.25) is 4.90 Å². The van der Waals surface area contributed by atoms with Gasteiger partial charge in [-0.25, -0.2) is 0 Å². The Bertz CT molecular complexity index is 681. The molecule has 0 bridgehead atoms. The van der Waals surface area contributed by atoms with Gasteiger partial charge >= 0.3 is 0 Å². The Labute approximate surface area is 141 Å². The zero-order valence-electron chi connectivity index (χ0n) is 13.9. The summed E-state index contributed by atoms with van der Waals surface area (Å²) in [5, 5.41) is 13.2. The number of hydrogen-bond acceptors (Lipinski definition) is 6. The van der Waals surface area contributed by atoms with Gasteiger partial charge in [0.25, 0.3) is 5.89 Å².